The molecule has 5 nitrogen and oxygen atoms in total. The molecular weight excluding hydrogens is 258 g/mol. The van der Waals surface area contributed by atoms with E-state index in [0.717, 1.165) is 17.5 Å². The number of aliphatic hydroxyl groups excluding tert-OH is 2. The molecule has 0 fully saturated rings. The molecule has 1 heterocycles. The summed E-state index contributed by atoms with van der Waals surface area (Å²) in [6, 6.07) is 5.37. The molecule has 0 radical (unpaired) electrons. The van der Waals surface area contributed by atoms with Crippen LogP contribution in [0.15, 0.2) is 18.2 Å². The van der Waals surface area contributed by atoms with E-state index in [-0.39, 0.29) is 5.91 Å². The predicted molar refractivity (Wildman–Crippen MR) is 72.9 cm³/mol. The SMILES string of the molecule is CC(=O)C(O)C(O)c1ccc2c(c1)CN(C(C)=O)CC2. The zero-order valence-electron chi connectivity index (χ0n) is 11.7. The van der Waals surface area contributed by atoms with Crippen molar-refractivity contribution in [3.63, 3.8) is 0 Å². The van der Waals surface area contributed by atoms with Gasteiger partial charge in [0.2, 0.25) is 5.91 Å². The molecule has 1 aromatic carbocycles. The summed E-state index contributed by atoms with van der Waals surface area (Å²) in [5, 5.41) is 19.6. The first kappa shape index (κ1) is 14.7. The molecule has 5 heteroatoms. The Morgan fingerprint density at radius 2 is 1.90 bits per heavy atom. The van der Waals surface area contributed by atoms with Gasteiger partial charge >= 0.3 is 0 Å². The van der Waals surface area contributed by atoms with E-state index in [1.165, 1.54) is 13.8 Å². The first-order valence-electron chi connectivity index (χ1n) is 6.64. The van der Waals surface area contributed by atoms with E-state index >= 15 is 0 Å². The van der Waals surface area contributed by atoms with Gasteiger partial charge < -0.3 is 15.1 Å². The first-order valence-corrected chi connectivity index (χ1v) is 6.64. The summed E-state index contributed by atoms with van der Waals surface area (Å²) in [6.07, 6.45) is -1.87. The Balaban J connectivity index is 2.25. The fourth-order valence-electron chi connectivity index (χ4n) is 2.43. The van der Waals surface area contributed by atoms with E-state index in [1.807, 2.05) is 6.07 Å². The smallest absolute Gasteiger partial charge is 0.219 e. The molecule has 1 amide bonds. The Kier molecular flexibility index (Phi) is 4.20. The number of hydrogen-bond donors (Lipinski definition) is 2. The molecule has 0 saturated heterocycles. The number of Topliss-reactive ketones (excluding diaryl/α,β-unsaturated/α-hetero) is 1. The van der Waals surface area contributed by atoms with Gasteiger partial charge in [-0.25, -0.2) is 0 Å². The van der Waals surface area contributed by atoms with Crippen LogP contribution in [-0.4, -0.2) is 39.5 Å². The second-order valence-electron chi connectivity index (χ2n) is 5.22. The standard InChI is InChI=1S/C15H19NO4/c1-9(17)14(19)15(20)12-4-3-11-5-6-16(10(2)18)8-13(11)7-12/h3-4,7,14-15,19-20H,5-6,8H2,1-2H3. The van der Waals surface area contributed by atoms with Crippen LogP contribution in [0, 0.1) is 0 Å². The van der Waals surface area contributed by atoms with Crippen LogP contribution < -0.4 is 0 Å². The molecule has 0 spiro atoms. The van der Waals surface area contributed by atoms with Gasteiger partial charge in [0.1, 0.15) is 12.2 Å². The van der Waals surface area contributed by atoms with Gasteiger partial charge in [-0.3, -0.25) is 9.59 Å². The number of carbonyl (C=O) groups excluding carboxylic acids is 2. The number of aliphatic hydroxyl groups is 2. The second kappa shape index (κ2) is 5.73. The van der Waals surface area contributed by atoms with E-state index in [2.05, 4.69) is 0 Å². The normalized spacial score (nSPS) is 17.3. The summed E-state index contributed by atoms with van der Waals surface area (Å²) in [6.45, 7) is 3.97. The van der Waals surface area contributed by atoms with Crippen molar-refractivity contribution in [2.45, 2.75) is 39.0 Å². The van der Waals surface area contributed by atoms with Crippen molar-refractivity contribution in [2.24, 2.45) is 0 Å². The van der Waals surface area contributed by atoms with Crippen LogP contribution in [0.25, 0.3) is 0 Å². The number of rotatable bonds is 3. The van der Waals surface area contributed by atoms with Crippen molar-refractivity contribution < 1.29 is 19.8 Å². The molecule has 1 aromatic rings. The van der Waals surface area contributed by atoms with Gasteiger partial charge in [0.05, 0.1) is 0 Å². The Labute approximate surface area is 117 Å². The van der Waals surface area contributed by atoms with Gasteiger partial charge in [-0.15, -0.1) is 0 Å². The molecule has 0 aromatic heterocycles. The van der Waals surface area contributed by atoms with Crippen LogP contribution in [0.3, 0.4) is 0 Å². The fourth-order valence-corrected chi connectivity index (χ4v) is 2.43. The Bertz CT molecular complexity index is 541. The van der Waals surface area contributed by atoms with Gasteiger partial charge in [-0.05, 0) is 30.0 Å². The Morgan fingerprint density at radius 3 is 2.50 bits per heavy atom. The quantitative estimate of drug-likeness (QED) is 0.847. The number of carbonyl (C=O) groups is 2. The summed E-state index contributed by atoms with van der Waals surface area (Å²) in [4.78, 5) is 24.3. The zero-order chi connectivity index (χ0) is 14.9. The monoisotopic (exact) mass is 277 g/mol. The minimum atomic E-state index is -1.42. The number of nitrogens with zero attached hydrogens (tertiary/aromatic N) is 1. The minimum absolute atomic E-state index is 0.0189. The second-order valence-corrected chi connectivity index (χ2v) is 5.22. The van der Waals surface area contributed by atoms with E-state index in [1.54, 1.807) is 17.0 Å². The molecule has 2 rings (SSSR count). The third-order valence-electron chi connectivity index (χ3n) is 3.75. The maximum atomic E-state index is 11.4. The highest BCUT2D eigenvalue weighted by Gasteiger charge is 2.24. The molecule has 1 aliphatic rings. The lowest BCUT2D eigenvalue weighted by Gasteiger charge is -2.29. The van der Waals surface area contributed by atoms with Gasteiger partial charge in [-0.2, -0.15) is 0 Å². The van der Waals surface area contributed by atoms with Crippen LogP contribution in [-0.2, 0) is 22.6 Å². The van der Waals surface area contributed by atoms with Crippen LogP contribution in [0.2, 0.25) is 0 Å². The Morgan fingerprint density at radius 1 is 1.20 bits per heavy atom. The van der Waals surface area contributed by atoms with Crippen LogP contribution in [0.1, 0.15) is 36.6 Å². The van der Waals surface area contributed by atoms with Crippen LogP contribution in [0.4, 0.5) is 0 Å². The summed E-state index contributed by atoms with van der Waals surface area (Å²) in [5.41, 5.74) is 2.59. The molecule has 2 atom stereocenters. The lowest BCUT2D eigenvalue weighted by Crippen LogP contribution is -2.34. The average Bonchev–Trinajstić information content (AvgIpc) is 2.44. The lowest BCUT2D eigenvalue weighted by molar-refractivity contribution is -0.131. The van der Waals surface area contributed by atoms with Crippen molar-refractivity contribution in [1.82, 2.24) is 4.90 Å². The van der Waals surface area contributed by atoms with E-state index < -0.39 is 18.0 Å². The molecular formula is C15H19NO4. The molecule has 0 saturated carbocycles. The maximum absolute atomic E-state index is 11.4. The molecule has 2 N–H and O–H groups in total. The number of fused-ring (bicyclic) bond motifs is 1. The largest absolute Gasteiger partial charge is 0.385 e. The maximum Gasteiger partial charge on any atom is 0.219 e. The molecule has 0 aliphatic carbocycles. The zero-order valence-corrected chi connectivity index (χ0v) is 11.7. The van der Waals surface area contributed by atoms with Crippen molar-refractivity contribution in [1.29, 1.82) is 0 Å². The lowest BCUT2D eigenvalue weighted by atomic mass is 9.93. The molecule has 2 unspecified atom stereocenters. The summed E-state index contributed by atoms with van der Waals surface area (Å²) >= 11 is 0. The minimum Gasteiger partial charge on any atom is -0.385 e. The van der Waals surface area contributed by atoms with Gasteiger partial charge in [0.15, 0.2) is 5.78 Å². The number of benzene rings is 1. The number of amides is 1. The highest BCUT2D eigenvalue weighted by atomic mass is 16.3. The predicted octanol–water partition coefficient (Wildman–Crippen LogP) is 0.575. The molecule has 0 bridgehead atoms. The highest BCUT2D eigenvalue weighted by Crippen LogP contribution is 2.25. The van der Waals surface area contributed by atoms with E-state index in [4.69, 9.17) is 0 Å². The van der Waals surface area contributed by atoms with Gasteiger partial charge in [-0.1, -0.05) is 18.2 Å². The topological polar surface area (TPSA) is 77.8 Å². The van der Waals surface area contributed by atoms with Gasteiger partial charge in [0.25, 0.3) is 0 Å². The van der Waals surface area contributed by atoms with Crippen molar-refractivity contribution in [3.05, 3.63) is 34.9 Å². The third-order valence-corrected chi connectivity index (χ3v) is 3.75. The average molecular weight is 277 g/mol. The first-order chi connectivity index (χ1) is 9.40. The van der Waals surface area contributed by atoms with Crippen LogP contribution in [0.5, 0.6) is 0 Å². The van der Waals surface area contributed by atoms with Crippen molar-refractivity contribution >= 4 is 11.7 Å². The molecule has 20 heavy (non-hydrogen) atoms. The highest BCUT2D eigenvalue weighted by molar-refractivity contribution is 5.81. The third kappa shape index (κ3) is 2.89. The van der Waals surface area contributed by atoms with Gasteiger partial charge in [0, 0.05) is 20.0 Å². The molecule has 108 valence electrons. The van der Waals surface area contributed by atoms with Crippen molar-refractivity contribution in [3.8, 4) is 0 Å². The summed E-state index contributed by atoms with van der Waals surface area (Å²) in [5.74, 6) is -0.453. The molecule has 1 aliphatic heterocycles. The Hall–Kier alpha value is -1.72. The summed E-state index contributed by atoms with van der Waals surface area (Å²) < 4.78 is 0. The van der Waals surface area contributed by atoms with E-state index in [0.29, 0.717) is 18.7 Å². The van der Waals surface area contributed by atoms with Crippen LogP contribution >= 0.6 is 0 Å². The number of hydrogen-bond acceptors (Lipinski definition) is 4. The van der Waals surface area contributed by atoms with E-state index in [9.17, 15) is 19.8 Å². The number of ketones is 1. The fraction of sp³-hybridized carbons (Fsp3) is 0.467. The summed E-state index contributed by atoms with van der Waals surface area (Å²) in [7, 11) is 0. The van der Waals surface area contributed by atoms with Crippen molar-refractivity contribution in [2.75, 3.05) is 6.54 Å².